The van der Waals surface area contributed by atoms with Crippen molar-refractivity contribution in [3.8, 4) is 0 Å². The van der Waals surface area contributed by atoms with E-state index in [0.717, 1.165) is 0 Å². The Bertz CT molecular complexity index is 421. The molecule has 0 aromatic heterocycles. The van der Waals surface area contributed by atoms with Crippen LogP contribution in [0.1, 0.15) is 28.4 Å². The molecule has 0 bridgehead atoms. The Morgan fingerprint density at radius 3 is 2.67 bits per heavy atom. The number of ether oxygens (including phenoxy) is 1. The number of benzene rings is 1. The molecule has 0 heterocycles. The number of anilines is 1. The number of aliphatic hydroxyl groups excluding tert-OH is 3. The summed E-state index contributed by atoms with van der Waals surface area (Å²) >= 11 is 0. The summed E-state index contributed by atoms with van der Waals surface area (Å²) in [4.78, 5) is 11.4. The third kappa shape index (κ3) is 2.98. The Morgan fingerprint density at radius 1 is 1.44 bits per heavy atom. The first-order chi connectivity index (χ1) is 8.52. The predicted octanol–water partition coefficient (Wildman–Crippen LogP) is -0.168. The Balaban J connectivity index is 3.06. The number of rotatable bonds is 5. The molecule has 0 aliphatic carbocycles. The van der Waals surface area contributed by atoms with Gasteiger partial charge in [0, 0.05) is 12.2 Å². The molecule has 2 unspecified atom stereocenters. The Hall–Kier alpha value is -1.63. The van der Waals surface area contributed by atoms with Crippen molar-refractivity contribution in [1.82, 2.24) is 0 Å². The third-order valence-corrected chi connectivity index (χ3v) is 2.65. The van der Waals surface area contributed by atoms with E-state index in [9.17, 15) is 15.0 Å². The largest absolute Gasteiger partial charge is 0.465 e. The average molecular weight is 255 g/mol. The molecule has 0 amide bonds. The number of aliphatic hydroxyl groups is 3. The van der Waals surface area contributed by atoms with Crippen LogP contribution in [0.25, 0.3) is 0 Å². The number of carbonyl (C=O) groups excluding carboxylic acids is 1. The molecular weight excluding hydrogens is 238 g/mol. The third-order valence-electron chi connectivity index (χ3n) is 2.65. The Kier molecular flexibility index (Phi) is 5.08. The van der Waals surface area contributed by atoms with Gasteiger partial charge in [0.05, 0.1) is 24.5 Å². The molecule has 1 rings (SSSR count). The summed E-state index contributed by atoms with van der Waals surface area (Å²) in [5, 5.41) is 28.2. The number of nitrogen functional groups attached to an aromatic ring is 1. The monoisotopic (exact) mass is 255 g/mol. The van der Waals surface area contributed by atoms with Crippen LogP contribution in [-0.4, -0.2) is 41.1 Å². The summed E-state index contributed by atoms with van der Waals surface area (Å²) in [5.41, 5.74) is 6.19. The average Bonchev–Trinajstić information content (AvgIpc) is 2.37. The summed E-state index contributed by atoms with van der Waals surface area (Å²) in [6.45, 7) is -0.255. The second-order valence-corrected chi connectivity index (χ2v) is 3.82. The van der Waals surface area contributed by atoms with E-state index < -0.39 is 18.2 Å². The van der Waals surface area contributed by atoms with Crippen molar-refractivity contribution >= 4 is 11.7 Å². The summed E-state index contributed by atoms with van der Waals surface area (Å²) in [7, 11) is 1.23. The summed E-state index contributed by atoms with van der Waals surface area (Å²) in [6, 6.07) is 4.51. The molecule has 0 fully saturated rings. The quantitative estimate of drug-likeness (QED) is 0.429. The number of nitrogens with two attached hydrogens (primary N) is 1. The van der Waals surface area contributed by atoms with Crippen LogP contribution in [0.15, 0.2) is 18.2 Å². The number of para-hydroxylation sites is 1. The van der Waals surface area contributed by atoms with Crippen LogP contribution in [0.2, 0.25) is 0 Å². The molecule has 1 aromatic carbocycles. The Labute approximate surface area is 105 Å². The van der Waals surface area contributed by atoms with Gasteiger partial charge in [-0.1, -0.05) is 12.1 Å². The smallest absolute Gasteiger partial charge is 0.339 e. The van der Waals surface area contributed by atoms with Gasteiger partial charge in [0.15, 0.2) is 0 Å². The molecule has 18 heavy (non-hydrogen) atoms. The minimum Gasteiger partial charge on any atom is -0.465 e. The number of carbonyl (C=O) groups is 1. The van der Waals surface area contributed by atoms with E-state index >= 15 is 0 Å². The zero-order valence-corrected chi connectivity index (χ0v) is 10.0. The second-order valence-electron chi connectivity index (χ2n) is 3.82. The van der Waals surface area contributed by atoms with Crippen LogP contribution >= 0.6 is 0 Å². The zero-order valence-electron chi connectivity index (χ0n) is 10.0. The molecular formula is C12H17NO5. The lowest BCUT2D eigenvalue weighted by Crippen LogP contribution is -2.21. The second kappa shape index (κ2) is 6.34. The first-order valence-corrected chi connectivity index (χ1v) is 5.46. The standard InChI is InChI=1S/C12H17NO5/c1-18-12(17)8-4-2-3-7(10(8)13)11(16)9(15)5-6-14/h2-4,9,11,14-16H,5-6,13H2,1H3. The highest BCUT2D eigenvalue weighted by atomic mass is 16.5. The summed E-state index contributed by atoms with van der Waals surface area (Å²) in [6.07, 6.45) is -2.39. The normalized spacial score (nSPS) is 14.0. The van der Waals surface area contributed by atoms with Gasteiger partial charge in [-0.25, -0.2) is 4.79 Å². The van der Waals surface area contributed by atoms with E-state index in [1.165, 1.54) is 25.3 Å². The van der Waals surface area contributed by atoms with Crippen LogP contribution < -0.4 is 5.73 Å². The molecule has 0 saturated heterocycles. The van der Waals surface area contributed by atoms with Gasteiger partial charge in [-0.15, -0.1) is 0 Å². The van der Waals surface area contributed by atoms with Crippen molar-refractivity contribution in [3.05, 3.63) is 29.3 Å². The molecule has 0 spiro atoms. The van der Waals surface area contributed by atoms with Gasteiger partial charge in [-0.05, 0) is 12.5 Å². The van der Waals surface area contributed by atoms with Crippen molar-refractivity contribution in [2.45, 2.75) is 18.6 Å². The summed E-state index contributed by atoms with van der Waals surface area (Å²) in [5.74, 6) is -0.613. The van der Waals surface area contributed by atoms with Gasteiger partial charge in [-0.3, -0.25) is 0 Å². The van der Waals surface area contributed by atoms with Crippen molar-refractivity contribution in [2.24, 2.45) is 0 Å². The number of hydrogen-bond acceptors (Lipinski definition) is 6. The molecule has 1 aromatic rings. The van der Waals surface area contributed by atoms with E-state index in [-0.39, 0.29) is 29.8 Å². The van der Waals surface area contributed by atoms with E-state index in [0.29, 0.717) is 0 Å². The molecule has 0 radical (unpaired) electrons. The van der Waals surface area contributed by atoms with Crippen LogP contribution in [0, 0.1) is 0 Å². The zero-order chi connectivity index (χ0) is 13.7. The predicted molar refractivity (Wildman–Crippen MR) is 64.9 cm³/mol. The van der Waals surface area contributed by atoms with Gasteiger partial charge in [0.1, 0.15) is 6.10 Å². The molecule has 6 heteroatoms. The van der Waals surface area contributed by atoms with Crippen molar-refractivity contribution in [3.63, 3.8) is 0 Å². The van der Waals surface area contributed by atoms with Crippen molar-refractivity contribution in [2.75, 3.05) is 19.5 Å². The van der Waals surface area contributed by atoms with E-state index in [2.05, 4.69) is 4.74 Å². The molecule has 100 valence electrons. The fourth-order valence-electron chi connectivity index (χ4n) is 1.63. The van der Waals surface area contributed by atoms with Gasteiger partial charge >= 0.3 is 5.97 Å². The van der Waals surface area contributed by atoms with Crippen molar-refractivity contribution < 1.29 is 24.9 Å². The maximum Gasteiger partial charge on any atom is 0.339 e. The lowest BCUT2D eigenvalue weighted by atomic mass is 9.98. The van der Waals surface area contributed by atoms with Gasteiger partial charge in [0.2, 0.25) is 0 Å². The molecule has 0 saturated carbocycles. The molecule has 6 nitrogen and oxygen atoms in total. The fraction of sp³-hybridized carbons (Fsp3) is 0.417. The summed E-state index contributed by atoms with van der Waals surface area (Å²) < 4.78 is 4.56. The van der Waals surface area contributed by atoms with Crippen LogP contribution in [0.5, 0.6) is 0 Å². The van der Waals surface area contributed by atoms with Gasteiger partial charge in [0.25, 0.3) is 0 Å². The van der Waals surface area contributed by atoms with Gasteiger partial charge < -0.3 is 25.8 Å². The highest BCUT2D eigenvalue weighted by Crippen LogP contribution is 2.27. The first-order valence-electron chi connectivity index (χ1n) is 5.46. The fourth-order valence-corrected chi connectivity index (χ4v) is 1.63. The highest BCUT2D eigenvalue weighted by molar-refractivity contribution is 5.95. The molecule has 0 aliphatic rings. The minimum atomic E-state index is -1.26. The van der Waals surface area contributed by atoms with Crippen molar-refractivity contribution in [1.29, 1.82) is 0 Å². The van der Waals surface area contributed by atoms with Crippen LogP contribution in [-0.2, 0) is 4.74 Å². The number of esters is 1. The molecule has 2 atom stereocenters. The maximum absolute atomic E-state index is 11.4. The van der Waals surface area contributed by atoms with Crippen LogP contribution in [0.3, 0.4) is 0 Å². The molecule has 0 aliphatic heterocycles. The Morgan fingerprint density at radius 2 is 2.11 bits per heavy atom. The van der Waals surface area contributed by atoms with Gasteiger partial charge in [-0.2, -0.15) is 0 Å². The highest BCUT2D eigenvalue weighted by Gasteiger charge is 2.22. The topological polar surface area (TPSA) is 113 Å². The minimum absolute atomic E-state index is 0.0169. The first kappa shape index (κ1) is 14.4. The van der Waals surface area contributed by atoms with Crippen LogP contribution in [0.4, 0.5) is 5.69 Å². The maximum atomic E-state index is 11.4. The SMILES string of the molecule is COC(=O)c1cccc(C(O)C(O)CCO)c1N. The number of hydrogen-bond donors (Lipinski definition) is 4. The number of methoxy groups -OCH3 is 1. The lowest BCUT2D eigenvalue weighted by Gasteiger charge is -2.19. The van der Waals surface area contributed by atoms with E-state index in [1.54, 1.807) is 0 Å². The lowest BCUT2D eigenvalue weighted by molar-refractivity contribution is 0.00454. The molecule has 5 N–H and O–H groups in total. The van der Waals surface area contributed by atoms with E-state index in [1.807, 2.05) is 0 Å². The van der Waals surface area contributed by atoms with E-state index in [4.69, 9.17) is 10.8 Å².